The van der Waals surface area contributed by atoms with Crippen molar-refractivity contribution in [1.29, 1.82) is 0 Å². The van der Waals surface area contributed by atoms with Gasteiger partial charge in [-0.1, -0.05) is 12.0 Å². The molecule has 3 heteroatoms. The lowest BCUT2D eigenvalue weighted by Gasteiger charge is -2.22. The molecule has 0 spiro atoms. The molecule has 2 rings (SSSR count). The van der Waals surface area contributed by atoms with Gasteiger partial charge in [0.1, 0.15) is 5.82 Å². The van der Waals surface area contributed by atoms with Gasteiger partial charge in [0.25, 0.3) is 0 Å². The number of aromatic nitrogens is 1. The van der Waals surface area contributed by atoms with Crippen LogP contribution in [0.5, 0.6) is 0 Å². The van der Waals surface area contributed by atoms with Crippen LogP contribution in [0.4, 0.5) is 5.82 Å². The van der Waals surface area contributed by atoms with Gasteiger partial charge >= 0.3 is 0 Å². The summed E-state index contributed by atoms with van der Waals surface area (Å²) in [6, 6.07) is 4.82. The van der Waals surface area contributed by atoms with E-state index >= 15 is 0 Å². The van der Waals surface area contributed by atoms with Crippen molar-refractivity contribution in [3.63, 3.8) is 0 Å². The number of rotatable bonds is 6. The van der Waals surface area contributed by atoms with Gasteiger partial charge in [-0.05, 0) is 25.8 Å². The highest BCUT2D eigenvalue weighted by molar-refractivity contribution is 5.47. The summed E-state index contributed by atoms with van der Waals surface area (Å²) >= 11 is 0. The van der Waals surface area contributed by atoms with Crippen LogP contribution in [-0.4, -0.2) is 24.1 Å². The number of pyridine rings is 1. The van der Waals surface area contributed by atoms with Crippen molar-refractivity contribution < 1.29 is 0 Å². The molecule has 0 aromatic carbocycles. The summed E-state index contributed by atoms with van der Waals surface area (Å²) in [4.78, 5) is 6.59. The Morgan fingerprint density at radius 2 is 2.41 bits per heavy atom. The van der Waals surface area contributed by atoms with Crippen molar-refractivity contribution >= 4 is 5.82 Å². The van der Waals surface area contributed by atoms with Crippen LogP contribution < -0.4 is 10.2 Å². The number of anilines is 1. The molecule has 0 bridgehead atoms. The van der Waals surface area contributed by atoms with E-state index in [0.717, 1.165) is 18.9 Å². The summed E-state index contributed by atoms with van der Waals surface area (Å²) in [6.45, 7) is 4.49. The molecular weight excluding hydrogens is 210 g/mol. The van der Waals surface area contributed by atoms with Crippen molar-refractivity contribution in [2.24, 2.45) is 0 Å². The standard InChI is InChI=1S/C14H19N3/c1-3-10-17(4-2)14-12(6-5-9-15-14)11-16-13-7-8-13/h1,5-6,9,13,16H,4,7-8,10-11H2,2H3. The fourth-order valence-corrected chi connectivity index (χ4v) is 1.84. The van der Waals surface area contributed by atoms with Crippen molar-refractivity contribution in [2.45, 2.75) is 32.4 Å². The lowest BCUT2D eigenvalue weighted by atomic mass is 10.2. The van der Waals surface area contributed by atoms with Gasteiger partial charge in [-0.25, -0.2) is 4.98 Å². The highest BCUT2D eigenvalue weighted by Crippen LogP contribution is 2.21. The molecule has 1 aromatic heterocycles. The van der Waals surface area contributed by atoms with Crippen LogP contribution in [-0.2, 0) is 6.54 Å². The van der Waals surface area contributed by atoms with Gasteiger partial charge in [0, 0.05) is 30.9 Å². The second-order valence-corrected chi connectivity index (χ2v) is 4.36. The Balaban J connectivity index is 2.10. The third-order valence-corrected chi connectivity index (χ3v) is 2.99. The van der Waals surface area contributed by atoms with Gasteiger partial charge in [0.15, 0.2) is 0 Å². The lowest BCUT2D eigenvalue weighted by molar-refractivity contribution is 0.682. The Bertz CT molecular complexity index is 404. The third kappa shape index (κ3) is 3.21. The molecular formula is C14H19N3. The van der Waals surface area contributed by atoms with E-state index in [0.29, 0.717) is 12.6 Å². The summed E-state index contributed by atoms with van der Waals surface area (Å²) in [5.41, 5.74) is 1.23. The average molecular weight is 229 g/mol. The topological polar surface area (TPSA) is 28.2 Å². The van der Waals surface area contributed by atoms with Crippen LogP contribution in [0.15, 0.2) is 18.3 Å². The fraction of sp³-hybridized carbons (Fsp3) is 0.500. The quantitative estimate of drug-likeness (QED) is 0.754. The number of nitrogens with one attached hydrogen (secondary N) is 1. The molecule has 1 heterocycles. The van der Waals surface area contributed by atoms with E-state index in [1.54, 1.807) is 0 Å². The Labute approximate surface area is 103 Å². The summed E-state index contributed by atoms with van der Waals surface area (Å²) in [5.74, 6) is 3.70. The molecule has 1 aliphatic rings. The minimum absolute atomic E-state index is 0.615. The van der Waals surface area contributed by atoms with Gasteiger partial charge in [0.05, 0.1) is 6.54 Å². The molecule has 1 fully saturated rings. The van der Waals surface area contributed by atoms with E-state index in [1.807, 2.05) is 12.3 Å². The zero-order chi connectivity index (χ0) is 12.1. The zero-order valence-electron chi connectivity index (χ0n) is 10.3. The zero-order valence-corrected chi connectivity index (χ0v) is 10.3. The second kappa shape index (κ2) is 5.70. The van der Waals surface area contributed by atoms with Crippen molar-refractivity contribution in [1.82, 2.24) is 10.3 Å². The van der Waals surface area contributed by atoms with Gasteiger partial charge in [-0.2, -0.15) is 0 Å². The molecule has 0 radical (unpaired) electrons. The van der Waals surface area contributed by atoms with Crippen molar-refractivity contribution in [3.05, 3.63) is 23.9 Å². The molecule has 0 atom stereocenters. The molecule has 1 saturated carbocycles. The molecule has 1 N–H and O–H groups in total. The molecule has 0 amide bonds. The molecule has 0 unspecified atom stereocenters. The first-order valence-corrected chi connectivity index (χ1v) is 6.20. The number of hydrogen-bond acceptors (Lipinski definition) is 3. The summed E-state index contributed by atoms with van der Waals surface area (Å²) < 4.78 is 0. The van der Waals surface area contributed by atoms with Crippen LogP contribution in [0.2, 0.25) is 0 Å². The molecule has 90 valence electrons. The Morgan fingerprint density at radius 1 is 1.59 bits per heavy atom. The van der Waals surface area contributed by atoms with Crippen LogP contribution in [0.1, 0.15) is 25.3 Å². The minimum Gasteiger partial charge on any atom is -0.345 e. The van der Waals surface area contributed by atoms with Crippen LogP contribution in [0.3, 0.4) is 0 Å². The first-order valence-electron chi connectivity index (χ1n) is 6.20. The first-order chi connectivity index (χ1) is 8.35. The predicted molar refractivity (Wildman–Crippen MR) is 70.8 cm³/mol. The van der Waals surface area contributed by atoms with E-state index in [9.17, 15) is 0 Å². The van der Waals surface area contributed by atoms with E-state index in [1.165, 1.54) is 18.4 Å². The minimum atomic E-state index is 0.615. The second-order valence-electron chi connectivity index (χ2n) is 4.36. The van der Waals surface area contributed by atoms with Gasteiger partial charge in [-0.3, -0.25) is 0 Å². The molecule has 1 aliphatic carbocycles. The average Bonchev–Trinajstić information content (AvgIpc) is 3.18. The third-order valence-electron chi connectivity index (χ3n) is 2.99. The Kier molecular flexibility index (Phi) is 4.00. The number of nitrogens with zero attached hydrogens (tertiary/aromatic N) is 2. The van der Waals surface area contributed by atoms with Gasteiger partial charge in [-0.15, -0.1) is 6.42 Å². The molecule has 0 aliphatic heterocycles. The SMILES string of the molecule is C#CCN(CC)c1ncccc1CNC1CC1. The summed E-state index contributed by atoms with van der Waals surface area (Å²) in [6.07, 6.45) is 9.82. The smallest absolute Gasteiger partial charge is 0.133 e. The maximum absolute atomic E-state index is 5.39. The fourth-order valence-electron chi connectivity index (χ4n) is 1.84. The molecule has 0 saturated heterocycles. The van der Waals surface area contributed by atoms with Crippen LogP contribution in [0, 0.1) is 12.3 Å². The normalized spacial score (nSPS) is 14.4. The highest BCUT2D eigenvalue weighted by atomic mass is 15.2. The van der Waals surface area contributed by atoms with Gasteiger partial charge in [0.2, 0.25) is 0 Å². The predicted octanol–water partition coefficient (Wildman–Crippen LogP) is 1.79. The monoisotopic (exact) mass is 229 g/mol. The summed E-state index contributed by atoms with van der Waals surface area (Å²) in [7, 11) is 0. The maximum atomic E-state index is 5.39. The first kappa shape index (κ1) is 11.9. The van der Waals surface area contributed by atoms with E-state index in [-0.39, 0.29) is 0 Å². The largest absolute Gasteiger partial charge is 0.345 e. The summed E-state index contributed by atoms with van der Waals surface area (Å²) in [5, 5.41) is 3.52. The number of terminal acetylenes is 1. The van der Waals surface area contributed by atoms with Crippen LogP contribution in [0.25, 0.3) is 0 Å². The van der Waals surface area contributed by atoms with Crippen LogP contribution >= 0.6 is 0 Å². The Hall–Kier alpha value is -1.53. The highest BCUT2D eigenvalue weighted by Gasteiger charge is 2.21. The lowest BCUT2D eigenvalue weighted by Crippen LogP contribution is -2.26. The number of hydrogen-bond donors (Lipinski definition) is 1. The van der Waals surface area contributed by atoms with E-state index in [2.05, 4.69) is 34.1 Å². The maximum Gasteiger partial charge on any atom is 0.133 e. The molecule has 1 aromatic rings. The van der Waals surface area contributed by atoms with Gasteiger partial charge < -0.3 is 10.2 Å². The Morgan fingerprint density at radius 3 is 3.06 bits per heavy atom. The van der Waals surface area contributed by atoms with E-state index in [4.69, 9.17) is 6.42 Å². The molecule has 3 nitrogen and oxygen atoms in total. The van der Waals surface area contributed by atoms with Crippen molar-refractivity contribution in [2.75, 3.05) is 18.0 Å². The van der Waals surface area contributed by atoms with E-state index < -0.39 is 0 Å². The molecule has 17 heavy (non-hydrogen) atoms. The van der Waals surface area contributed by atoms with Crippen molar-refractivity contribution in [3.8, 4) is 12.3 Å².